The number of amides is 1. The number of carboxylic acids is 1. The van der Waals surface area contributed by atoms with Gasteiger partial charge in [0.15, 0.2) is 5.13 Å². The van der Waals surface area contributed by atoms with E-state index in [9.17, 15) is 14.7 Å². The molecule has 1 atom stereocenters. The Labute approximate surface area is 216 Å². The van der Waals surface area contributed by atoms with Gasteiger partial charge in [0.05, 0.1) is 11.6 Å². The number of carbonyl (C=O) groups is 2. The quantitative estimate of drug-likeness (QED) is 0.346. The van der Waals surface area contributed by atoms with Crippen molar-refractivity contribution in [1.29, 1.82) is 0 Å². The van der Waals surface area contributed by atoms with Gasteiger partial charge in [-0.1, -0.05) is 43.6 Å². The highest BCUT2D eigenvalue weighted by Gasteiger charge is 2.21. The molecule has 3 aromatic rings. The Morgan fingerprint density at radius 3 is 2.51 bits per heavy atom. The van der Waals surface area contributed by atoms with E-state index in [1.54, 1.807) is 43.6 Å². The molecule has 2 aromatic carbocycles. The van der Waals surface area contributed by atoms with Crippen LogP contribution in [-0.2, 0) is 17.6 Å². The first-order chi connectivity index (χ1) is 16.5. The number of nitrogens with one attached hydrogen (secondary N) is 1. The lowest BCUT2D eigenvalue weighted by Crippen LogP contribution is -2.25. The van der Waals surface area contributed by atoms with E-state index in [1.165, 1.54) is 4.90 Å². The van der Waals surface area contributed by atoms with Gasteiger partial charge in [-0.2, -0.15) is 0 Å². The van der Waals surface area contributed by atoms with E-state index in [0.717, 1.165) is 33.7 Å². The Balaban J connectivity index is 1.79. The minimum Gasteiger partial charge on any atom is -0.481 e. The summed E-state index contributed by atoms with van der Waals surface area (Å²) in [5.74, 6) is -1.21. The molecule has 0 fully saturated rings. The highest BCUT2D eigenvalue weighted by atomic mass is 35.5. The van der Waals surface area contributed by atoms with Gasteiger partial charge in [0.2, 0.25) is 0 Å². The van der Waals surface area contributed by atoms with Crippen LogP contribution in [0.5, 0.6) is 0 Å². The Bertz CT molecular complexity index is 1210. The second-order valence-corrected chi connectivity index (χ2v) is 10.9. The number of thiazole rings is 1. The number of anilines is 1. The first kappa shape index (κ1) is 26.7. The van der Waals surface area contributed by atoms with E-state index >= 15 is 0 Å². The highest BCUT2D eigenvalue weighted by Crippen LogP contribution is 2.34. The molecular formula is C27H32ClN3O3S. The third-order valence-corrected chi connectivity index (χ3v) is 7.09. The average Bonchev–Trinajstić information content (AvgIpc) is 3.19. The molecule has 186 valence electrons. The van der Waals surface area contributed by atoms with Crippen molar-refractivity contribution >= 4 is 39.9 Å². The average molecular weight is 514 g/mol. The lowest BCUT2D eigenvalue weighted by Gasteiger charge is -2.15. The van der Waals surface area contributed by atoms with Crippen LogP contribution in [0.25, 0.3) is 11.3 Å². The van der Waals surface area contributed by atoms with Gasteiger partial charge in [-0.15, -0.1) is 11.3 Å². The smallest absolute Gasteiger partial charge is 0.308 e. The number of aliphatic carboxylic acids is 1. The number of carbonyl (C=O) groups excluding carboxylic acids is 1. The summed E-state index contributed by atoms with van der Waals surface area (Å²) in [6.07, 6.45) is 1.19. The third-order valence-electron chi connectivity index (χ3n) is 5.63. The summed E-state index contributed by atoms with van der Waals surface area (Å²) in [5.41, 5.74) is 4.26. The molecule has 35 heavy (non-hydrogen) atoms. The van der Waals surface area contributed by atoms with Gasteiger partial charge in [-0.05, 0) is 61.1 Å². The number of rotatable bonds is 10. The molecule has 0 radical (unpaired) electrons. The van der Waals surface area contributed by atoms with Crippen LogP contribution in [0.4, 0.5) is 5.13 Å². The van der Waals surface area contributed by atoms with Gasteiger partial charge < -0.3 is 15.3 Å². The van der Waals surface area contributed by atoms with E-state index < -0.39 is 11.9 Å². The van der Waals surface area contributed by atoms with Crippen LogP contribution in [0.3, 0.4) is 0 Å². The molecule has 0 spiro atoms. The van der Waals surface area contributed by atoms with Crippen molar-refractivity contribution in [1.82, 2.24) is 9.88 Å². The normalized spacial score (nSPS) is 12.0. The maximum Gasteiger partial charge on any atom is 0.308 e. The summed E-state index contributed by atoms with van der Waals surface area (Å²) in [6.45, 7) is 6.53. The van der Waals surface area contributed by atoms with Crippen molar-refractivity contribution < 1.29 is 14.7 Å². The van der Waals surface area contributed by atoms with Crippen LogP contribution < -0.4 is 5.32 Å². The van der Waals surface area contributed by atoms with E-state index in [1.807, 2.05) is 31.2 Å². The zero-order chi connectivity index (χ0) is 25.7. The van der Waals surface area contributed by atoms with Gasteiger partial charge in [-0.3, -0.25) is 9.59 Å². The van der Waals surface area contributed by atoms with Gasteiger partial charge >= 0.3 is 5.97 Å². The zero-order valence-electron chi connectivity index (χ0n) is 20.8. The van der Waals surface area contributed by atoms with Crippen LogP contribution in [0.15, 0.2) is 42.5 Å². The molecule has 8 heteroatoms. The lowest BCUT2D eigenvalue weighted by molar-refractivity contribution is -0.141. The molecular weight excluding hydrogens is 482 g/mol. The molecule has 0 aliphatic rings. The second-order valence-electron chi connectivity index (χ2n) is 9.37. The number of benzene rings is 2. The van der Waals surface area contributed by atoms with E-state index in [4.69, 9.17) is 16.6 Å². The first-order valence-corrected chi connectivity index (χ1v) is 12.8. The van der Waals surface area contributed by atoms with Crippen molar-refractivity contribution in [2.45, 2.75) is 33.6 Å². The predicted octanol–water partition coefficient (Wildman–Crippen LogP) is 6.03. The maximum atomic E-state index is 12.3. The van der Waals surface area contributed by atoms with Crippen molar-refractivity contribution in [2.24, 2.45) is 11.8 Å². The van der Waals surface area contributed by atoms with Crippen molar-refractivity contribution in [3.05, 3.63) is 69.1 Å². The number of nitrogens with zero attached hydrogens (tertiary/aromatic N) is 2. The molecule has 0 aliphatic heterocycles. The van der Waals surface area contributed by atoms with Crippen LogP contribution in [0.1, 0.15) is 40.2 Å². The van der Waals surface area contributed by atoms with Gasteiger partial charge in [0.1, 0.15) is 0 Å². The molecule has 1 heterocycles. The van der Waals surface area contributed by atoms with E-state index in [-0.39, 0.29) is 12.5 Å². The summed E-state index contributed by atoms with van der Waals surface area (Å²) in [7, 11) is 3.39. The summed E-state index contributed by atoms with van der Waals surface area (Å²) in [5, 5.41) is 14.5. The van der Waals surface area contributed by atoms with Crippen molar-refractivity contribution in [2.75, 3.05) is 26.0 Å². The number of carboxylic acid groups (broad SMARTS) is 1. The topological polar surface area (TPSA) is 82.5 Å². The highest BCUT2D eigenvalue weighted by molar-refractivity contribution is 7.16. The predicted molar refractivity (Wildman–Crippen MR) is 144 cm³/mol. The number of hydrogen-bond acceptors (Lipinski definition) is 5. The van der Waals surface area contributed by atoms with Gasteiger partial charge in [0.25, 0.3) is 5.91 Å². The summed E-state index contributed by atoms with van der Waals surface area (Å²) in [4.78, 5) is 31.8. The molecule has 0 bridgehead atoms. The van der Waals surface area contributed by atoms with Crippen molar-refractivity contribution in [3.63, 3.8) is 0 Å². The maximum absolute atomic E-state index is 12.3. The Hall–Kier alpha value is -2.90. The van der Waals surface area contributed by atoms with Gasteiger partial charge in [-0.25, -0.2) is 4.98 Å². The fourth-order valence-electron chi connectivity index (χ4n) is 3.79. The molecule has 6 nitrogen and oxygen atoms in total. The fraction of sp³-hybridized carbons (Fsp3) is 0.370. The molecule has 1 aromatic heterocycles. The fourth-order valence-corrected chi connectivity index (χ4v) is 5.11. The van der Waals surface area contributed by atoms with Crippen LogP contribution in [0, 0.1) is 18.8 Å². The molecule has 0 saturated carbocycles. The van der Waals surface area contributed by atoms with Crippen LogP contribution in [0.2, 0.25) is 5.02 Å². The first-order valence-electron chi connectivity index (χ1n) is 11.6. The Kier molecular flexibility index (Phi) is 8.92. The Morgan fingerprint density at radius 2 is 1.89 bits per heavy atom. The molecule has 0 aliphatic carbocycles. The number of hydrogen-bond donors (Lipinski definition) is 2. The summed E-state index contributed by atoms with van der Waals surface area (Å²) >= 11 is 7.78. The summed E-state index contributed by atoms with van der Waals surface area (Å²) in [6, 6.07) is 13.0. The zero-order valence-corrected chi connectivity index (χ0v) is 22.3. The van der Waals surface area contributed by atoms with Crippen molar-refractivity contribution in [3.8, 4) is 11.3 Å². The number of halogens is 1. The number of aryl methyl sites for hydroxylation is 1. The molecule has 0 saturated heterocycles. The SMILES string of the molecule is Cc1cc(-c2nc(NCC(Cc3cccc(C(=O)N(C)C)c3)C(=O)O)sc2CC(C)C)ccc1Cl. The molecule has 1 amide bonds. The van der Waals surface area contributed by atoms with Gasteiger partial charge in [0, 0.05) is 41.7 Å². The largest absolute Gasteiger partial charge is 0.481 e. The minimum absolute atomic E-state index is 0.109. The van der Waals surface area contributed by atoms with E-state index in [2.05, 4.69) is 19.2 Å². The molecule has 1 unspecified atom stereocenters. The standard InChI is InChI=1S/C27H32ClN3O3S/c1-16(2)11-23-24(19-9-10-22(28)17(3)12-19)30-27(35-23)29-15-21(26(33)34)14-18-7-6-8-20(13-18)25(32)31(4)5/h6-10,12-13,16,21H,11,14-15H2,1-5H3,(H,29,30)(H,33,34). The number of aromatic nitrogens is 1. The third kappa shape index (κ3) is 7.05. The lowest BCUT2D eigenvalue weighted by atomic mass is 9.97. The minimum atomic E-state index is -0.894. The molecule has 3 rings (SSSR count). The van der Waals surface area contributed by atoms with Crippen LogP contribution >= 0.6 is 22.9 Å². The molecule has 2 N–H and O–H groups in total. The second kappa shape index (κ2) is 11.7. The van der Waals surface area contributed by atoms with Crippen LogP contribution in [-0.4, -0.2) is 47.5 Å². The Morgan fingerprint density at radius 1 is 1.14 bits per heavy atom. The summed E-state index contributed by atoms with van der Waals surface area (Å²) < 4.78 is 0. The van der Waals surface area contributed by atoms with E-state index in [0.29, 0.717) is 28.1 Å². The monoisotopic (exact) mass is 513 g/mol.